The summed E-state index contributed by atoms with van der Waals surface area (Å²) >= 11 is 0. The van der Waals surface area contributed by atoms with Crippen LogP contribution in [0.4, 0.5) is 25.5 Å². The number of nitrogens with one attached hydrogen (secondary N) is 1. The smallest absolute Gasteiger partial charge is 0.434 e. The topological polar surface area (TPSA) is 168 Å². The molecule has 0 spiro atoms. The zero-order chi connectivity index (χ0) is 21.7. The highest BCUT2D eigenvalue weighted by Gasteiger charge is 2.46. The second kappa shape index (κ2) is 6.54. The average Bonchev–Trinajstić information content (AvgIpc) is 3.10. The van der Waals surface area contributed by atoms with Crippen molar-refractivity contribution < 1.29 is 33.9 Å². The van der Waals surface area contributed by atoms with Gasteiger partial charge in [-0.2, -0.15) is 5.10 Å². The number of nitro groups is 1. The Morgan fingerprint density at radius 3 is 2.48 bits per heavy atom. The number of halogens is 1. The molecule has 12 nitrogen and oxygen atoms in total. The molecule has 29 heavy (non-hydrogen) atoms. The number of carbonyl (C=O) groups is 3. The van der Waals surface area contributed by atoms with Crippen LogP contribution < -0.4 is 5.32 Å². The molecule has 1 aromatic heterocycles. The van der Waals surface area contributed by atoms with Gasteiger partial charge in [0.1, 0.15) is 17.2 Å². The van der Waals surface area contributed by atoms with Crippen molar-refractivity contribution in [2.24, 2.45) is 0 Å². The molecule has 0 saturated heterocycles. The molecule has 2 aromatic rings. The van der Waals surface area contributed by atoms with E-state index in [1.54, 1.807) is 0 Å². The van der Waals surface area contributed by atoms with E-state index in [1.165, 1.54) is 13.8 Å². The van der Waals surface area contributed by atoms with Gasteiger partial charge < -0.3 is 15.5 Å². The van der Waals surface area contributed by atoms with Crippen molar-refractivity contribution in [2.45, 2.75) is 25.9 Å². The monoisotopic (exact) mass is 407 g/mol. The van der Waals surface area contributed by atoms with E-state index >= 15 is 0 Å². The Hall–Kier alpha value is -4.03. The number of nitro benzene ring substituents is 1. The lowest BCUT2D eigenvalue weighted by Crippen LogP contribution is -2.40. The minimum Gasteiger partial charge on any atom is -0.465 e. The number of benzene rings is 1. The van der Waals surface area contributed by atoms with E-state index in [9.17, 15) is 39.1 Å². The molecule has 3 N–H and O–H groups in total. The summed E-state index contributed by atoms with van der Waals surface area (Å²) in [6.07, 6.45) is -2.83. The molecule has 1 aliphatic rings. The first-order valence-electron chi connectivity index (χ1n) is 8.06. The van der Waals surface area contributed by atoms with E-state index in [4.69, 9.17) is 0 Å². The normalized spacial score (nSPS) is 14.4. The van der Waals surface area contributed by atoms with Gasteiger partial charge in [-0.05, 0) is 26.0 Å². The first kappa shape index (κ1) is 19.7. The fraction of sp³-hybridized carbons (Fsp3) is 0.250. The van der Waals surface area contributed by atoms with Crippen LogP contribution in [0.1, 0.15) is 35.5 Å². The average molecular weight is 407 g/mol. The first-order valence-corrected chi connectivity index (χ1v) is 8.06. The van der Waals surface area contributed by atoms with Crippen LogP contribution in [-0.2, 0) is 12.1 Å². The van der Waals surface area contributed by atoms with Gasteiger partial charge in [0.05, 0.1) is 28.8 Å². The molecule has 2 heterocycles. The Morgan fingerprint density at radius 2 is 1.93 bits per heavy atom. The molecule has 0 radical (unpaired) electrons. The summed E-state index contributed by atoms with van der Waals surface area (Å²) in [7, 11) is 0. The Balaban J connectivity index is 2.08. The van der Waals surface area contributed by atoms with Crippen LogP contribution in [0.2, 0.25) is 0 Å². The van der Waals surface area contributed by atoms with E-state index in [0.29, 0.717) is 10.7 Å². The van der Waals surface area contributed by atoms with Crippen molar-refractivity contribution in [3.63, 3.8) is 0 Å². The lowest BCUT2D eigenvalue weighted by atomic mass is 10.0. The predicted molar refractivity (Wildman–Crippen MR) is 93.3 cm³/mol. The molecule has 152 valence electrons. The third kappa shape index (κ3) is 3.11. The van der Waals surface area contributed by atoms with E-state index in [0.717, 1.165) is 17.0 Å². The molecular formula is C16H14FN5O7. The zero-order valence-electron chi connectivity index (χ0n) is 15.0. The van der Waals surface area contributed by atoms with Gasteiger partial charge in [0.25, 0.3) is 11.6 Å². The van der Waals surface area contributed by atoms with Crippen molar-refractivity contribution >= 4 is 29.6 Å². The number of aromatic nitrogens is 2. The van der Waals surface area contributed by atoms with Gasteiger partial charge in [0, 0.05) is 5.56 Å². The van der Waals surface area contributed by atoms with Crippen LogP contribution in [0.15, 0.2) is 18.2 Å². The van der Waals surface area contributed by atoms with E-state index in [2.05, 4.69) is 10.4 Å². The number of carboxylic acid groups (broad SMARTS) is 2. The molecule has 3 rings (SSSR count). The lowest BCUT2D eigenvalue weighted by molar-refractivity contribution is -0.385. The van der Waals surface area contributed by atoms with Crippen molar-refractivity contribution in [3.05, 3.63) is 51.0 Å². The quantitative estimate of drug-likeness (QED) is 0.515. The van der Waals surface area contributed by atoms with Gasteiger partial charge in [0.15, 0.2) is 0 Å². The van der Waals surface area contributed by atoms with Gasteiger partial charge in [-0.25, -0.2) is 14.0 Å². The van der Waals surface area contributed by atoms with Crippen molar-refractivity contribution in [2.75, 3.05) is 5.32 Å². The van der Waals surface area contributed by atoms with Gasteiger partial charge in [-0.3, -0.25) is 19.8 Å². The summed E-state index contributed by atoms with van der Waals surface area (Å²) in [6.45, 7) is 2.77. The van der Waals surface area contributed by atoms with E-state index in [-0.39, 0.29) is 23.6 Å². The number of hydrogen-bond donors (Lipinski definition) is 3. The molecule has 2 amide bonds. The minimum absolute atomic E-state index is 0.117. The summed E-state index contributed by atoms with van der Waals surface area (Å²) in [5.41, 5.74) is -2.24. The predicted octanol–water partition coefficient (Wildman–Crippen LogP) is 2.44. The van der Waals surface area contributed by atoms with E-state index in [1.807, 2.05) is 0 Å². The number of hydrogen-bond acceptors (Lipinski definition) is 6. The summed E-state index contributed by atoms with van der Waals surface area (Å²) in [5.74, 6) is -2.34. The maximum atomic E-state index is 13.3. The SMILES string of the molecule is CC1(C)c2nn(C(=O)O)c(NC(=O)c3ccc(F)cc3[N+](=O)[O-])c2CN1C(=O)O. The molecule has 0 unspecified atom stereocenters. The molecule has 0 saturated carbocycles. The van der Waals surface area contributed by atoms with Crippen LogP contribution in [0.5, 0.6) is 0 Å². The summed E-state index contributed by atoms with van der Waals surface area (Å²) < 4.78 is 13.8. The fourth-order valence-electron chi connectivity index (χ4n) is 3.17. The highest BCUT2D eigenvalue weighted by Crippen LogP contribution is 2.41. The number of anilines is 1. The van der Waals surface area contributed by atoms with Crippen LogP contribution in [0, 0.1) is 15.9 Å². The first-order chi connectivity index (χ1) is 13.4. The van der Waals surface area contributed by atoms with Crippen LogP contribution >= 0.6 is 0 Å². The zero-order valence-corrected chi connectivity index (χ0v) is 15.0. The highest BCUT2D eigenvalue weighted by molar-refractivity contribution is 6.07. The fourth-order valence-corrected chi connectivity index (χ4v) is 3.17. The lowest BCUT2D eigenvalue weighted by Gasteiger charge is -2.28. The van der Waals surface area contributed by atoms with Crippen LogP contribution in [-0.4, -0.2) is 47.9 Å². The Bertz CT molecular complexity index is 1080. The third-order valence-corrected chi connectivity index (χ3v) is 4.60. The Kier molecular flexibility index (Phi) is 4.45. The number of nitrogens with zero attached hydrogens (tertiary/aromatic N) is 4. The van der Waals surface area contributed by atoms with Crippen molar-refractivity contribution in [3.8, 4) is 0 Å². The molecular weight excluding hydrogens is 393 g/mol. The summed E-state index contributed by atoms with van der Waals surface area (Å²) in [5, 5.41) is 36.0. The van der Waals surface area contributed by atoms with Crippen LogP contribution in [0.25, 0.3) is 0 Å². The maximum Gasteiger partial charge on any atom is 0.434 e. The van der Waals surface area contributed by atoms with Gasteiger partial charge in [-0.15, -0.1) is 4.68 Å². The van der Waals surface area contributed by atoms with E-state index < -0.39 is 45.6 Å². The molecule has 0 bridgehead atoms. The second-order valence-electron chi connectivity index (χ2n) is 6.67. The number of carbonyl (C=O) groups excluding carboxylic acids is 1. The highest BCUT2D eigenvalue weighted by atomic mass is 19.1. The maximum absolute atomic E-state index is 13.3. The number of rotatable bonds is 3. The number of fused-ring (bicyclic) bond motifs is 1. The molecule has 0 atom stereocenters. The third-order valence-electron chi connectivity index (χ3n) is 4.60. The van der Waals surface area contributed by atoms with Gasteiger partial charge >= 0.3 is 12.2 Å². The standard InChI is InChI=1S/C16H14FN5O7/c1-16(2)11-9(6-20(16)14(24)25)12(21(19-11)15(26)27)18-13(23)8-4-3-7(17)5-10(8)22(28)29/h3-5H,6H2,1-2H3,(H,18,23)(H,24,25)(H,26,27). The second-order valence-corrected chi connectivity index (χ2v) is 6.67. The van der Waals surface area contributed by atoms with Crippen LogP contribution in [0.3, 0.4) is 0 Å². The minimum atomic E-state index is -1.55. The van der Waals surface area contributed by atoms with Crippen molar-refractivity contribution in [1.29, 1.82) is 0 Å². The van der Waals surface area contributed by atoms with Gasteiger partial charge in [-0.1, -0.05) is 0 Å². The molecule has 0 fully saturated rings. The van der Waals surface area contributed by atoms with Crippen molar-refractivity contribution in [1.82, 2.24) is 14.7 Å². The Morgan fingerprint density at radius 1 is 1.28 bits per heavy atom. The molecule has 1 aliphatic heterocycles. The molecule has 1 aromatic carbocycles. The summed E-state index contributed by atoms with van der Waals surface area (Å²) in [6, 6.07) is 2.29. The summed E-state index contributed by atoms with van der Waals surface area (Å²) in [4.78, 5) is 46.8. The molecule has 0 aliphatic carbocycles. The van der Waals surface area contributed by atoms with Gasteiger partial charge in [0.2, 0.25) is 0 Å². The largest absolute Gasteiger partial charge is 0.465 e. The molecule has 13 heteroatoms. The Labute approximate surface area is 161 Å². The number of amides is 2.